The Bertz CT molecular complexity index is 584. The standard InChI is InChI=1S/C14H12BrF3O2/c15-12-3-1-11-8-13(4-2-10(11)7-12)20-6-5-19-9-14(16,17)18/h1-4,7-8H,5-6,9H2. The molecule has 0 atom stereocenters. The topological polar surface area (TPSA) is 18.5 Å². The smallest absolute Gasteiger partial charge is 0.411 e. The van der Waals surface area contributed by atoms with Gasteiger partial charge in [-0.25, -0.2) is 0 Å². The summed E-state index contributed by atoms with van der Waals surface area (Å²) in [7, 11) is 0. The molecule has 0 amide bonds. The van der Waals surface area contributed by atoms with Crippen LogP contribution in [0.2, 0.25) is 0 Å². The first kappa shape index (κ1) is 15.1. The Labute approximate surface area is 122 Å². The molecular formula is C14H12BrF3O2. The second-order valence-corrected chi connectivity index (χ2v) is 5.09. The van der Waals surface area contributed by atoms with Crippen molar-refractivity contribution >= 4 is 26.7 Å². The molecule has 0 aliphatic rings. The average Bonchev–Trinajstić information content (AvgIpc) is 2.37. The Morgan fingerprint density at radius 2 is 1.65 bits per heavy atom. The lowest BCUT2D eigenvalue weighted by atomic mass is 10.1. The molecule has 0 fully saturated rings. The first-order valence-corrected chi connectivity index (χ1v) is 6.70. The van der Waals surface area contributed by atoms with E-state index in [0.29, 0.717) is 5.75 Å². The molecule has 0 aliphatic heterocycles. The molecule has 108 valence electrons. The molecule has 2 aromatic carbocycles. The quantitative estimate of drug-likeness (QED) is 0.737. The highest BCUT2D eigenvalue weighted by Gasteiger charge is 2.27. The fourth-order valence-electron chi connectivity index (χ4n) is 1.69. The first-order chi connectivity index (χ1) is 9.44. The van der Waals surface area contributed by atoms with Gasteiger partial charge in [0.2, 0.25) is 0 Å². The predicted octanol–water partition coefficient (Wildman–Crippen LogP) is 4.56. The Balaban J connectivity index is 1.86. The molecule has 0 bridgehead atoms. The summed E-state index contributed by atoms with van der Waals surface area (Å²) >= 11 is 3.39. The number of hydrogen-bond donors (Lipinski definition) is 0. The number of fused-ring (bicyclic) bond motifs is 1. The van der Waals surface area contributed by atoms with Gasteiger partial charge in [0.25, 0.3) is 0 Å². The summed E-state index contributed by atoms with van der Waals surface area (Å²) < 4.78 is 46.3. The second kappa shape index (κ2) is 6.45. The van der Waals surface area contributed by atoms with Gasteiger partial charge in [-0.2, -0.15) is 13.2 Å². The van der Waals surface area contributed by atoms with Crippen molar-refractivity contribution in [2.45, 2.75) is 6.18 Å². The van der Waals surface area contributed by atoms with Crippen LogP contribution >= 0.6 is 15.9 Å². The molecule has 0 heterocycles. The van der Waals surface area contributed by atoms with Gasteiger partial charge in [-0.1, -0.05) is 28.1 Å². The molecule has 0 spiro atoms. The molecule has 2 nitrogen and oxygen atoms in total. The van der Waals surface area contributed by atoms with Gasteiger partial charge in [-0.05, 0) is 35.0 Å². The summed E-state index contributed by atoms with van der Waals surface area (Å²) in [6, 6.07) is 11.3. The van der Waals surface area contributed by atoms with Crippen LogP contribution in [0.5, 0.6) is 5.75 Å². The van der Waals surface area contributed by atoms with Crippen LogP contribution in [0, 0.1) is 0 Å². The summed E-state index contributed by atoms with van der Waals surface area (Å²) in [5, 5.41) is 2.06. The van der Waals surface area contributed by atoms with Gasteiger partial charge >= 0.3 is 6.18 Å². The Kier molecular flexibility index (Phi) is 4.88. The van der Waals surface area contributed by atoms with Crippen LogP contribution in [0.1, 0.15) is 0 Å². The molecule has 0 unspecified atom stereocenters. The molecule has 20 heavy (non-hydrogen) atoms. The minimum absolute atomic E-state index is 0.0815. The number of rotatable bonds is 5. The molecular weight excluding hydrogens is 337 g/mol. The zero-order valence-corrected chi connectivity index (χ0v) is 12.0. The predicted molar refractivity (Wildman–Crippen MR) is 74.0 cm³/mol. The van der Waals surface area contributed by atoms with Crippen LogP contribution in [-0.2, 0) is 4.74 Å². The maximum Gasteiger partial charge on any atom is 0.411 e. The van der Waals surface area contributed by atoms with Crippen molar-refractivity contribution in [2.75, 3.05) is 19.8 Å². The van der Waals surface area contributed by atoms with Gasteiger partial charge < -0.3 is 9.47 Å². The Morgan fingerprint density at radius 3 is 2.40 bits per heavy atom. The molecule has 0 saturated carbocycles. The van der Waals surface area contributed by atoms with E-state index < -0.39 is 12.8 Å². The van der Waals surface area contributed by atoms with Gasteiger partial charge in [-0.3, -0.25) is 0 Å². The van der Waals surface area contributed by atoms with E-state index >= 15 is 0 Å². The lowest BCUT2D eigenvalue weighted by Gasteiger charge is -2.09. The number of alkyl halides is 3. The van der Waals surface area contributed by atoms with Crippen molar-refractivity contribution in [1.82, 2.24) is 0 Å². The van der Waals surface area contributed by atoms with Crippen molar-refractivity contribution < 1.29 is 22.6 Å². The van der Waals surface area contributed by atoms with Crippen LogP contribution in [0.3, 0.4) is 0 Å². The Hall–Kier alpha value is -1.27. The molecule has 6 heteroatoms. The number of halogens is 4. The fourth-order valence-corrected chi connectivity index (χ4v) is 2.07. The van der Waals surface area contributed by atoms with Crippen LogP contribution in [0.25, 0.3) is 10.8 Å². The van der Waals surface area contributed by atoms with Crippen molar-refractivity contribution in [3.63, 3.8) is 0 Å². The van der Waals surface area contributed by atoms with Crippen LogP contribution < -0.4 is 4.74 Å². The van der Waals surface area contributed by atoms with Gasteiger partial charge in [-0.15, -0.1) is 0 Å². The van der Waals surface area contributed by atoms with E-state index in [1.165, 1.54) is 0 Å². The first-order valence-electron chi connectivity index (χ1n) is 5.91. The molecule has 2 aromatic rings. The summed E-state index contributed by atoms with van der Waals surface area (Å²) in [5.74, 6) is 0.607. The summed E-state index contributed by atoms with van der Waals surface area (Å²) in [6.45, 7) is -1.27. The summed E-state index contributed by atoms with van der Waals surface area (Å²) in [5.41, 5.74) is 0. The van der Waals surface area contributed by atoms with E-state index in [1.54, 1.807) is 6.07 Å². The highest BCUT2D eigenvalue weighted by atomic mass is 79.9. The van der Waals surface area contributed by atoms with Gasteiger partial charge in [0, 0.05) is 4.47 Å². The third-order valence-corrected chi connectivity index (χ3v) is 3.03. The Morgan fingerprint density at radius 1 is 0.950 bits per heavy atom. The zero-order valence-electron chi connectivity index (χ0n) is 10.4. The molecule has 0 aromatic heterocycles. The third-order valence-electron chi connectivity index (χ3n) is 2.54. The zero-order chi connectivity index (χ0) is 14.6. The van der Waals surface area contributed by atoms with Crippen LogP contribution in [-0.4, -0.2) is 26.0 Å². The van der Waals surface area contributed by atoms with Crippen molar-refractivity contribution in [3.05, 3.63) is 40.9 Å². The maximum atomic E-state index is 11.8. The van der Waals surface area contributed by atoms with Gasteiger partial charge in [0.1, 0.15) is 19.0 Å². The van der Waals surface area contributed by atoms with Crippen molar-refractivity contribution in [2.24, 2.45) is 0 Å². The third kappa shape index (κ3) is 4.68. The highest BCUT2D eigenvalue weighted by molar-refractivity contribution is 9.10. The molecule has 0 saturated heterocycles. The lowest BCUT2D eigenvalue weighted by molar-refractivity contribution is -0.175. The van der Waals surface area contributed by atoms with Gasteiger partial charge in [0.05, 0.1) is 6.61 Å². The lowest BCUT2D eigenvalue weighted by Crippen LogP contribution is -2.19. The minimum Gasteiger partial charge on any atom is -0.491 e. The largest absolute Gasteiger partial charge is 0.491 e. The normalized spacial score (nSPS) is 11.8. The number of ether oxygens (including phenoxy) is 2. The second-order valence-electron chi connectivity index (χ2n) is 4.17. The fraction of sp³-hybridized carbons (Fsp3) is 0.286. The van der Waals surface area contributed by atoms with E-state index in [4.69, 9.17) is 4.74 Å². The average molecular weight is 349 g/mol. The number of benzene rings is 2. The molecule has 2 rings (SSSR count). The van der Waals surface area contributed by atoms with E-state index in [0.717, 1.165) is 15.2 Å². The van der Waals surface area contributed by atoms with E-state index in [2.05, 4.69) is 20.7 Å². The highest BCUT2D eigenvalue weighted by Crippen LogP contribution is 2.24. The monoisotopic (exact) mass is 348 g/mol. The molecule has 0 N–H and O–H groups in total. The van der Waals surface area contributed by atoms with E-state index in [9.17, 15) is 13.2 Å². The van der Waals surface area contributed by atoms with Gasteiger partial charge in [0.15, 0.2) is 0 Å². The van der Waals surface area contributed by atoms with Crippen LogP contribution in [0.4, 0.5) is 13.2 Å². The maximum absolute atomic E-state index is 11.8. The molecule has 0 aliphatic carbocycles. The van der Waals surface area contributed by atoms with Crippen molar-refractivity contribution in [3.8, 4) is 5.75 Å². The van der Waals surface area contributed by atoms with E-state index in [1.807, 2.05) is 30.3 Å². The van der Waals surface area contributed by atoms with E-state index in [-0.39, 0.29) is 13.2 Å². The number of hydrogen-bond acceptors (Lipinski definition) is 2. The van der Waals surface area contributed by atoms with Crippen molar-refractivity contribution in [1.29, 1.82) is 0 Å². The summed E-state index contributed by atoms with van der Waals surface area (Å²) in [4.78, 5) is 0. The summed E-state index contributed by atoms with van der Waals surface area (Å²) in [6.07, 6.45) is -4.30. The molecule has 0 radical (unpaired) electrons. The SMILES string of the molecule is FC(F)(F)COCCOc1ccc2cc(Br)ccc2c1. The van der Waals surface area contributed by atoms with Crippen LogP contribution in [0.15, 0.2) is 40.9 Å². The minimum atomic E-state index is -4.30.